The zero-order valence-electron chi connectivity index (χ0n) is 14.9. The summed E-state index contributed by atoms with van der Waals surface area (Å²) < 4.78 is 39.2. The van der Waals surface area contributed by atoms with Crippen LogP contribution in [0.1, 0.15) is 25.0 Å². The quantitative estimate of drug-likeness (QED) is 0.742. The van der Waals surface area contributed by atoms with Gasteiger partial charge in [-0.05, 0) is 44.4 Å². The molecule has 0 unspecified atom stereocenters. The van der Waals surface area contributed by atoms with Crippen LogP contribution in [0, 0.1) is 6.92 Å². The van der Waals surface area contributed by atoms with Crippen molar-refractivity contribution in [2.75, 3.05) is 19.8 Å². The van der Waals surface area contributed by atoms with Crippen LogP contribution in [0.4, 0.5) is 0 Å². The topological polar surface area (TPSA) is 64.6 Å². The second-order valence-corrected chi connectivity index (χ2v) is 7.30. The molecule has 2 rings (SSSR count). The van der Waals surface area contributed by atoms with E-state index in [2.05, 4.69) is 4.72 Å². The van der Waals surface area contributed by atoms with Gasteiger partial charge in [-0.1, -0.05) is 30.3 Å². The molecule has 0 saturated heterocycles. The van der Waals surface area contributed by atoms with Crippen LogP contribution < -0.4 is 14.2 Å². The number of aryl methyl sites for hydroxylation is 1. The van der Waals surface area contributed by atoms with Gasteiger partial charge in [0, 0.05) is 12.6 Å². The van der Waals surface area contributed by atoms with Gasteiger partial charge in [0.25, 0.3) is 0 Å². The fraction of sp³-hybridized carbons (Fsp3) is 0.368. The number of hydrogen-bond donors (Lipinski definition) is 1. The van der Waals surface area contributed by atoms with Crippen molar-refractivity contribution in [3.8, 4) is 11.5 Å². The molecule has 0 saturated carbocycles. The van der Waals surface area contributed by atoms with Gasteiger partial charge in [-0.3, -0.25) is 0 Å². The molecule has 6 heteroatoms. The average Bonchev–Trinajstić information content (AvgIpc) is 2.58. The summed E-state index contributed by atoms with van der Waals surface area (Å²) in [6.07, 6.45) is 0.619. The van der Waals surface area contributed by atoms with Crippen LogP contribution in [0.25, 0.3) is 0 Å². The first kappa shape index (κ1) is 19.3. The summed E-state index contributed by atoms with van der Waals surface area (Å²) in [6.45, 7) is 6.73. The molecule has 0 spiro atoms. The minimum absolute atomic E-state index is 0.108. The van der Waals surface area contributed by atoms with E-state index >= 15 is 0 Å². The molecule has 0 heterocycles. The van der Waals surface area contributed by atoms with Gasteiger partial charge in [0.2, 0.25) is 10.0 Å². The van der Waals surface area contributed by atoms with Gasteiger partial charge in [-0.15, -0.1) is 0 Å². The van der Waals surface area contributed by atoms with E-state index in [0.29, 0.717) is 37.7 Å². The predicted octanol–water partition coefficient (Wildman–Crippen LogP) is 3.31. The lowest BCUT2D eigenvalue weighted by atomic mass is 10.2. The SMILES string of the molecule is CCOc1cc(S(=O)(=O)NCCc2ccccc2)c(OCC)cc1C. The Morgan fingerprint density at radius 2 is 1.60 bits per heavy atom. The maximum absolute atomic E-state index is 12.7. The first-order valence-electron chi connectivity index (χ1n) is 8.41. The summed E-state index contributed by atoms with van der Waals surface area (Å²) in [4.78, 5) is 0.108. The molecule has 0 aromatic heterocycles. The number of nitrogens with one attached hydrogen (secondary N) is 1. The van der Waals surface area contributed by atoms with Crippen LogP contribution >= 0.6 is 0 Å². The monoisotopic (exact) mass is 363 g/mol. The number of sulfonamides is 1. The van der Waals surface area contributed by atoms with Gasteiger partial charge in [-0.25, -0.2) is 13.1 Å². The van der Waals surface area contributed by atoms with Crippen molar-refractivity contribution in [1.29, 1.82) is 0 Å². The average molecular weight is 363 g/mol. The molecule has 25 heavy (non-hydrogen) atoms. The van der Waals surface area contributed by atoms with E-state index in [4.69, 9.17) is 9.47 Å². The summed E-state index contributed by atoms with van der Waals surface area (Å²) in [7, 11) is -3.70. The molecular weight excluding hydrogens is 338 g/mol. The van der Waals surface area contributed by atoms with Gasteiger partial charge in [0.05, 0.1) is 13.2 Å². The molecule has 0 radical (unpaired) electrons. The zero-order valence-corrected chi connectivity index (χ0v) is 15.7. The van der Waals surface area contributed by atoms with Crippen LogP contribution in [-0.2, 0) is 16.4 Å². The molecule has 0 atom stereocenters. The highest BCUT2D eigenvalue weighted by atomic mass is 32.2. The van der Waals surface area contributed by atoms with Gasteiger partial charge in [0.15, 0.2) is 0 Å². The van der Waals surface area contributed by atoms with Gasteiger partial charge >= 0.3 is 0 Å². The molecule has 0 aliphatic rings. The van der Waals surface area contributed by atoms with Crippen LogP contribution in [0.15, 0.2) is 47.4 Å². The Morgan fingerprint density at radius 1 is 0.960 bits per heavy atom. The highest BCUT2D eigenvalue weighted by molar-refractivity contribution is 7.89. The summed E-state index contributed by atoms with van der Waals surface area (Å²) in [5.74, 6) is 0.894. The predicted molar refractivity (Wildman–Crippen MR) is 98.9 cm³/mol. The van der Waals surface area contributed by atoms with Crippen molar-refractivity contribution < 1.29 is 17.9 Å². The van der Waals surface area contributed by atoms with E-state index in [1.54, 1.807) is 6.07 Å². The van der Waals surface area contributed by atoms with E-state index in [9.17, 15) is 8.42 Å². The largest absolute Gasteiger partial charge is 0.494 e. The maximum atomic E-state index is 12.7. The molecule has 2 aromatic rings. The van der Waals surface area contributed by atoms with Gasteiger partial charge < -0.3 is 9.47 Å². The fourth-order valence-corrected chi connectivity index (χ4v) is 3.66. The standard InChI is InChI=1S/C19H25NO4S/c1-4-23-17-14-19(18(24-5-2)13-15(17)3)25(21,22)20-12-11-16-9-7-6-8-10-16/h6-10,13-14,20H,4-5,11-12H2,1-3H3. The molecule has 0 aliphatic carbocycles. The maximum Gasteiger partial charge on any atom is 0.244 e. The highest BCUT2D eigenvalue weighted by Gasteiger charge is 2.22. The molecule has 2 aromatic carbocycles. The van der Waals surface area contributed by atoms with Crippen molar-refractivity contribution in [1.82, 2.24) is 4.72 Å². The summed E-state index contributed by atoms with van der Waals surface area (Å²) in [5, 5.41) is 0. The lowest BCUT2D eigenvalue weighted by molar-refractivity contribution is 0.320. The third kappa shape index (κ3) is 5.21. The normalized spacial score (nSPS) is 11.3. The Labute approximate surface area is 150 Å². The van der Waals surface area contributed by atoms with E-state index < -0.39 is 10.0 Å². The molecule has 0 fully saturated rings. The van der Waals surface area contributed by atoms with E-state index in [0.717, 1.165) is 11.1 Å². The Bertz CT molecular complexity index is 789. The Balaban J connectivity index is 2.22. The molecule has 5 nitrogen and oxygen atoms in total. The molecule has 0 aliphatic heterocycles. The molecular formula is C19H25NO4S. The van der Waals surface area contributed by atoms with Gasteiger partial charge in [-0.2, -0.15) is 0 Å². The Morgan fingerprint density at radius 3 is 2.24 bits per heavy atom. The minimum Gasteiger partial charge on any atom is -0.494 e. The Hall–Kier alpha value is -2.05. The van der Waals surface area contributed by atoms with Crippen molar-refractivity contribution >= 4 is 10.0 Å². The first-order chi connectivity index (χ1) is 12.0. The van der Waals surface area contributed by atoms with Crippen LogP contribution in [0.5, 0.6) is 11.5 Å². The van der Waals surface area contributed by atoms with Gasteiger partial charge in [0.1, 0.15) is 16.4 Å². The van der Waals surface area contributed by atoms with Crippen molar-refractivity contribution in [2.45, 2.75) is 32.1 Å². The number of hydrogen-bond acceptors (Lipinski definition) is 4. The van der Waals surface area contributed by atoms with Crippen LogP contribution in [0.3, 0.4) is 0 Å². The molecule has 0 bridgehead atoms. The van der Waals surface area contributed by atoms with Crippen molar-refractivity contribution in [3.63, 3.8) is 0 Å². The third-order valence-corrected chi connectivity index (χ3v) is 5.16. The lowest BCUT2D eigenvalue weighted by Crippen LogP contribution is -2.26. The zero-order chi connectivity index (χ0) is 18.3. The third-order valence-electron chi connectivity index (χ3n) is 3.68. The second kappa shape index (κ2) is 8.87. The Kier molecular flexibility index (Phi) is 6.84. The van der Waals surface area contributed by atoms with Crippen LogP contribution in [-0.4, -0.2) is 28.2 Å². The summed E-state index contributed by atoms with van der Waals surface area (Å²) in [6, 6.07) is 13.0. The van der Waals surface area contributed by atoms with E-state index in [1.807, 2.05) is 51.1 Å². The van der Waals surface area contributed by atoms with E-state index in [1.165, 1.54) is 6.07 Å². The van der Waals surface area contributed by atoms with E-state index in [-0.39, 0.29) is 4.90 Å². The molecule has 136 valence electrons. The fourth-order valence-electron chi connectivity index (χ4n) is 2.48. The summed E-state index contributed by atoms with van der Waals surface area (Å²) >= 11 is 0. The number of ether oxygens (including phenoxy) is 2. The molecule has 1 N–H and O–H groups in total. The highest BCUT2D eigenvalue weighted by Crippen LogP contribution is 2.32. The summed E-state index contributed by atoms with van der Waals surface area (Å²) in [5.41, 5.74) is 1.92. The second-order valence-electron chi connectivity index (χ2n) is 5.56. The minimum atomic E-state index is -3.70. The van der Waals surface area contributed by atoms with Crippen molar-refractivity contribution in [2.24, 2.45) is 0 Å². The lowest BCUT2D eigenvalue weighted by Gasteiger charge is -2.15. The first-order valence-corrected chi connectivity index (χ1v) is 9.90. The number of rotatable bonds is 9. The smallest absolute Gasteiger partial charge is 0.244 e. The number of benzene rings is 2. The molecule has 0 amide bonds. The van der Waals surface area contributed by atoms with Crippen molar-refractivity contribution in [3.05, 3.63) is 53.6 Å². The van der Waals surface area contributed by atoms with Crippen LogP contribution in [0.2, 0.25) is 0 Å².